The first-order valence-corrected chi connectivity index (χ1v) is 7.51. The first-order valence-electron chi connectivity index (χ1n) is 7.51. The van der Waals surface area contributed by atoms with Gasteiger partial charge >= 0.3 is 0 Å². The van der Waals surface area contributed by atoms with Crippen LogP contribution in [-0.2, 0) is 0 Å². The van der Waals surface area contributed by atoms with Gasteiger partial charge in [0.05, 0.1) is 6.04 Å². The van der Waals surface area contributed by atoms with Crippen molar-refractivity contribution in [2.24, 2.45) is 0 Å². The van der Waals surface area contributed by atoms with Crippen LogP contribution in [0.25, 0.3) is 0 Å². The molecule has 0 spiro atoms. The zero-order chi connectivity index (χ0) is 15.6. The fourth-order valence-corrected chi connectivity index (χ4v) is 2.69. The third kappa shape index (κ3) is 3.33. The maximum atomic E-state index is 13.9. The van der Waals surface area contributed by atoms with Crippen molar-refractivity contribution in [2.75, 3.05) is 6.54 Å². The normalized spacial score (nSPS) is 12.5. The van der Waals surface area contributed by atoms with Crippen LogP contribution in [0.2, 0.25) is 0 Å². The lowest BCUT2D eigenvalue weighted by atomic mass is 9.91. The van der Waals surface area contributed by atoms with E-state index in [1.165, 1.54) is 22.3 Å². The second kappa shape index (κ2) is 6.40. The molecular formula is C19H24FN. The number of nitrogens with one attached hydrogen (secondary N) is 1. The summed E-state index contributed by atoms with van der Waals surface area (Å²) in [6, 6.07) is 9.97. The van der Waals surface area contributed by atoms with Crippen LogP contribution in [0.15, 0.2) is 30.3 Å². The number of rotatable bonds is 4. The van der Waals surface area contributed by atoms with E-state index in [9.17, 15) is 4.39 Å². The number of benzene rings is 2. The third-order valence-corrected chi connectivity index (χ3v) is 4.13. The molecule has 2 heteroatoms. The van der Waals surface area contributed by atoms with Gasteiger partial charge < -0.3 is 5.32 Å². The van der Waals surface area contributed by atoms with Gasteiger partial charge in [0.2, 0.25) is 0 Å². The largest absolute Gasteiger partial charge is 0.307 e. The molecular weight excluding hydrogens is 261 g/mol. The molecule has 0 saturated heterocycles. The minimum Gasteiger partial charge on any atom is -0.307 e. The Balaban J connectivity index is 2.52. The highest BCUT2D eigenvalue weighted by Gasteiger charge is 2.17. The van der Waals surface area contributed by atoms with Gasteiger partial charge in [0.15, 0.2) is 0 Å². The van der Waals surface area contributed by atoms with Gasteiger partial charge in [-0.1, -0.05) is 31.2 Å². The van der Waals surface area contributed by atoms with Crippen LogP contribution in [0.1, 0.15) is 46.3 Å². The zero-order valence-electron chi connectivity index (χ0n) is 13.5. The molecule has 2 aromatic carbocycles. The van der Waals surface area contributed by atoms with Gasteiger partial charge in [-0.15, -0.1) is 0 Å². The Morgan fingerprint density at radius 2 is 1.57 bits per heavy atom. The Morgan fingerprint density at radius 3 is 2.19 bits per heavy atom. The van der Waals surface area contributed by atoms with Crippen LogP contribution in [0.3, 0.4) is 0 Å². The molecule has 21 heavy (non-hydrogen) atoms. The monoisotopic (exact) mass is 285 g/mol. The summed E-state index contributed by atoms with van der Waals surface area (Å²) >= 11 is 0. The summed E-state index contributed by atoms with van der Waals surface area (Å²) in [7, 11) is 0. The van der Waals surface area contributed by atoms with Crippen LogP contribution >= 0.6 is 0 Å². The van der Waals surface area contributed by atoms with Gasteiger partial charge in [-0.25, -0.2) is 4.39 Å². The molecule has 2 aromatic rings. The van der Waals surface area contributed by atoms with E-state index in [4.69, 9.17) is 0 Å². The van der Waals surface area contributed by atoms with Gasteiger partial charge in [0.1, 0.15) is 5.82 Å². The summed E-state index contributed by atoms with van der Waals surface area (Å²) in [4.78, 5) is 0. The summed E-state index contributed by atoms with van der Waals surface area (Å²) < 4.78 is 13.9. The lowest BCUT2D eigenvalue weighted by Crippen LogP contribution is -2.23. The lowest BCUT2D eigenvalue weighted by Gasteiger charge is -2.22. The lowest BCUT2D eigenvalue weighted by molar-refractivity contribution is 0.596. The molecule has 0 aliphatic carbocycles. The summed E-state index contributed by atoms with van der Waals surface area (Å²) in [5, 5.41) is 3.48. The Labute approximate surface area is 127 Å². The maximum Gasteiger partial charge on any atom is 0.126 e. The van der Waals surface area contributed by atoms with Crippen molar-refractivity contribution in [1.82, 2.24) is 5.32 Å². The maximum absolute atomic E-state index is 13.9. The molecule has 0 bridgehead atoms. The summed E-state index contributed by atoms with van der Waals surface area (Å²) in [5.41, 5.74) is 6.69. The molecule has 0 amide bonds. The highest BCUT2D eigenvalue weighted by molar-refractivity contribution is 5.43. The molecule has 1 N–H and O–H groups in total. The Morgan fingerprint density at radius 1 is 0.905 bits per heavy atom. The molecule has 1 nitrogen and oxygen atoms in total. The van der Waals surface area contributed by atoms with Crippen LogP contribution in [0, 0.1) is 33.5 Å². The van der Waals surface area contributed by atoms with Gasteiger partial charge in [0.25, 0.3) is 0 Å². The molecule has 0 fully saturated rings. The smallest absolute Gasteiger partial charge is 0.126 e. The number of aryl methyl sites for hydroxylation is 4. The molecule has 0 radical (unpaired) electrons. The number of hydrogen-bond acceptors (Lipinski definition) is 1. The molecule has 0 aliphatic rings. The topological polar surface area (TPSA) is 12.0 Å². The highest BCUT2D eigenvalue weighted by atomic mass is 19.1. The molecule has 0 aliphatic heterocycles. The van der Waals surface area contributed by atoms with E-state index in [0.717, 1.165) is 12.1 Å². The molecule has 1 atom stereocenters. The second-order valence-corrected chi connectivity index (χ2v) is 5.79. The average Bonchev–Trinajstić information content (AvgIpc) is 2.44. The van der Waals surface area contributed by atoms with E-state index < -0.39 is 0 Å². The number of halogens is 1. The second-order valence-electron chi connectivity index (χ2n) is 5.79. The molecule has 0 aromatic heterocycles. The quantitative estimate of drug-likeness (QED) is 0.854. The SMILES string of the molecule is CCNC(c1ccc(C)c(F)c1)c1cc(C)c(C)cc1C. The molecule has 2 rings (SSSR count). The molecule has 0 saturated carbocycles. The first kappa shape index (κ1) is 15.7. The predicted molar refractivity (Wildman–Crippen MR) is 87.3 cm³/mol. The van der Waals surface area contributed by atoms with Crippen LogP contribution < -0.4 is 5.32 Å². The van der Waals surface area contributed by atoms with Crippen molar-refractivity contribution in [3.63, 3.8) is 0 Å². The van der Waals surface area contributed by atoms with Crippen LogP contribution in [0.4, 0.5) is 4.39 Å². The van der Waals surface area contributed by atoms with Crippen molar-refractivity contribution in [1.29, 1.82) is 0 Å². The first-order chi connectivity index (χ1) is 9.93. The fraction of sp³-hybridized carbons (Fsp3) is 0.368. The Hall–Kier alpha value is -1.67. The van der Waals surface area contributed by atoms with Crippen molar-refractivity contribution in [3.8, 4) is 0 Å². The van der Waals surface area contributed by atoms with E-state index in [2.05, 4.69) is 45.1 Å². The van der Waals surface area contributed by atoms with Crippen molar-refractivity contribution in [3.05, 3.63) is 69.5 Å². The summed E-state index contributed by atoms with van der Waals surface area (Å²) in [6.07, 6.45) is 0. The zero-order valence-corrected chi connectivity index (χ0v) is 13.5. The molecule has 112 valence electrons. The van der Waals surface area contributed by atoms with Crippen molar-refractivity contribution >= 4 is 0 Å². The van der Waals surface area contributed by atoms with Crippen molar-refractivity contribution in [2.45, 2.75) is 40.7 Å². The predicted octanol–water partition coefficient (Wildman–Crippen LogP) is 4.76. The van der Waals surface area contributed by atoms with Gasteiger partial charge in [-0.2, -0.15) is 0 Å². The summed E-state index contributed by atoms with van der Waals surface area (Å²) in [6.45, 7) is 11.1. The fourth-order valence-electron chi connectivity index (χ4n) is 2.69. The van der Waals surface area contributed by atoms with Crippen LogP contribution in [0.5, 0.6) is 0 Å². The third-order valence-electron chi connectivity index (χ3n) is 4.13. The molecule has 0 heterocycles. The van der Waals surface area contributed by atoms with Crippen LogP contribution in [-0.4, -0.2) is 6.54 Å². The average molecular weight is 285 g/mol. The minimum atomic E-state index is -0.142. The molecule has 1 unspecified atom stereocenters. The highest BCUT2D eigenvalue weighted by Crippen LogP contribution is 2.28. The van der Waals surface area contributed by atoms with Gasteiger partial charge in [0, 0.05) is 0 Å². The Bertz CT molecular complexity index is 646. The number of hydrogen-bond donors (Lipinski definition) is 1. The Kier molecular flexibility index (Phi) is 4.79. The summed E-state index contributed by atoms with van der Waals surface area (Å²) in [5.74, 6) is -0.142. The van der Waals surface area contributed by atoms with E-state index in [0.29, 0.717) is 5.56 Å². The van der Waals surface area contributed by atoms with Gasteiger partial charge in [-0.3, -0.25) is 0 Å². The van der Waals surface area contributed by atoms with Gasteiger partial charge in [-0.05, 0) is 73.7 Å². The van der Waals surface area contributed by atoms with Crippen molar-refractivity contribution < 1.29 is 4.39 Å². The minimum absolute atomic E-state index is 0.0319. The van der Waals surface area contributed by atoms with E-state index in [1.807, 2.05) is 12.1 Å². The van der Waals surface area contributed by atoms with E-state index >= 15 is 0 Å². The van der Waals surface area contributed by atoms with E-state index in [-0.39, 0.29) is 11.9 Å². The van der Waals surface area contributed by atoms with E-state index in [1.54, 1.807) is 13.0 Å². The standard InChI is InChI=1S/C19H24FN/c1-6-21-19(16-8-7-12(2)18(20)11-16)17-10-14(4)13(3)9-15(17)5/h7-11,19,21H,6H2,1-5H3.